The quantitative estimate of drug-likeness (QED) is 0.820. The minimum absolute atomic E-state index is 0.565. The highest BCUT2D eigenvalue weighted by Crippen LogP contribution is 2.17. The normalized spacial score (nSPS) is 24.4. The Balaban J connectivity index is 1.52. The fourth-order valence-corrected chi connectivity index (χ4v) is 4.25. The predicted octanol–water partition coefficient (Wildman–Crippen LogP) is 1.64. The van der Waals surface area contributed by atoms with Gasteiger partial charge >= 0.3 is 0 Å². The molecule has 2 saturated heterocycles. The molecule has 0 N–H and O–H groups in total. The van der Waals surface area contributed by atoms with Crippen molar-refractivity contribution in [2.24, 2.45) is 5.92 Å². The molecule has 0 radical (unpaired) electrons. The summed E-state index contributed by atoms with van der Waals surface area (Å²) in [6, 6.07) is 9.51. The molecule has 2 aliphatic rings. The highest BCUT2D eigenvalue weighted by atomic mass is 32.2. The molecule has 0 aliphatic carbocycles. The fourth-order valence-electron chi connectivity index (χ4n) is 3.07. The lowest BCUT2D eigenvalue weighted by molar-refractivity contribution is 0.144. The number of sulfonamides is 1. The number of benzene rings is 1. The van der Waals surface area contributed by atoms with Crippen molar-refractivity contribution in [2.45, 2.75) is 6.42 Å². The second kappa shape index (κ2) is 7.57. The van der Waals surface area contributed by atoms with E-state index in [0.29, 0.717) is 19.0 Å². The van der Waals surface area contributed by atoms with Gasteiger partial charge in [0.15, 0.2) is 0 Å². The van der Waals surface area contributed by atoms with Crippen LogP contribution in [0.2, 0.25) is 0 Å². The largest absolute Gasteiger partial charge is 0.381 e. The number of ether oxygens (including phenoxy) is 1. The van der Waals surface area contributed by atoms with Crippen molar-refractivity contribution in [3.05, 3.63) is 41.3 Å². The van der Waals surface area contributed by atoms with Gasteiger partial charge in [-0.25, -0.2) is 8.42 Å². The molecule has 3 rings (SSSR count). The summed E-state index contributed by atoms with van der Waals surface area (Å²) in [5, 5.41) is 1.32. The van der Waals surface area contributed by atoms with Gasteiger partial charge < -0.3 is 9.64 Å². The number of rotatable bonds is 5. The minimum Gasteiger partial charge on any atom is -0.381 e. The van der Waals surface area contributed by atoms with Crippen LogP contribution >= 0.6 is 0 Å². The maximum absolute atomic E-state index is 12.4. The van der Waals surface area contributed by atoms with E-state index in [2.05, 4.69) is 4.90 Å². The molecule has 2 aliphatic heterocycles. The fraction of sp³-hybridized carbons (Fsp3) is 0.529. The van der Waals surface area contributed by atoms with E-state index in [1.165, 1.54) is 5.41 Å². The van der Waals surface area contributed by atoms with Crippen molar-refractivity contribution in [1.29, 1.82) is 0 Å². The van der Waals surface area contributed by atoms with Gasteiger partial charge in [0.1, 0.15) is 0 Å². The first kappa shape index (κ1) is 16.6. The summed E-state index contributed by atoms with van der Waals surface area (Å²) in [6.07, 6.45) is 2.79. The molecule has 0 aromatic heterocycles. The molecule has 6 heteroatoms. The molecule has 1 aromatic rings. The van der Waals surface area contributed by atoms with Gasteiger partial charge in [0, 0.05) is 44.7 Å². The Kier molecular flexibility index (Phi) is 5.48. The van der Waals surface area contributed by atoms with Crippen molar-refractivity contribution in [1.82, 2.24) is 9.21 Å². The summed E-state index contributed by atoms with van der Waals surface area (Å²) >= 11 is 0. The smallest absolute Gasteiger partial charge is 0.236 e. The zero-order valence-electron chi connectivity index (χ0n) is 13.3. The molecule has 2 heterocycles. The zero-order chi connectivity index (χ0) is 16.1. The molecule has 1 unspecified atom stereocenters. The molecule has 1 aromatic carbocycles. The topological polar surface area (TPSA) is 49.9 Å². The minimum atomic E-state index is -3.33. The summed E-state index contributed by atoms with van der Waals surface area (Å²) in [4.78, 5) is 2.35. The van der Waals surface area contributed by atoms with E-state index in [1.54, 1.807) is 10.4 Å². The third kappa shape index (κ3) is 4.64. The van der Waals surface area contributed by atoms with Gasteiger partial charge in [-0.2, -0.15) is 4.31 Å². The molecule has 0 amide bonds. The van der Waals surface area contributed by atoms with E-state index < -0.39 is 10.0 Å². The molecule has 2 fully saturated rings. The molecule has 1 atom stereocenters. The molecular formula is C17H24N2O3S. The molecule has 0 saturated carbocycles. The standard InChI is InChI=1S/C17H24N2O3S/c20-23(21,13-7-16-4-2-1-3-5-16)19-10-8-18(9-11-19)14-17-6-12-22-15-17/h1-5,7,13,17H,6,8-12,14-15H2. The van der Waals surface area contributed by atoms with Gasteiger partial charge in [0.2, 0.25) is 10.0 Å². The van der Waals surface area contributed by atoms with Crippen LogP contribution in [0, 0.1) is 5.92 Å². The van der Waals surface area contributed by atoms with Gasteiger partial charge in [-0.3, -0.25) is 0 Å². The summed E-state index contributed by atoms with van der Waals surface area (Å²) in [5.41, 5.74) is 0.899. The Morgan fingerprint density at radius 2 is 1.87 bits per heavy atom. The van der Waals surface area contributed by atoms with Gasteiger partial charge in [0.05, 0.1) is 6.61 Å². The molecule has 0 spiro atoms. The van der Waals surface area contributed by atoms with E-state index in [4.69, 9.17) is 4.74 Å². The summed E-state index contributed by atoms with van der Waals surface area (Å²) < 4.78 is 31.8. The Labute approximate surface area is 138 Å². The van der Waals surface area contributed by atoms with Crippen LogP contribution in [0.4, 0.5) is 0 Å². The van der Waals surface area contributed by atoms with Crippen LogP contribution in [0.25, 0.3) is 6.08 Å². The van der Waals surface area contributed by atoms with E-state index >= 15 is 0 Å². The lowest BCUT2D eigenvalue weighted by Crippen LogP contribution is -2.49. The first-order valence-corrected chi connectivity index (χ1v) is 9.67. The lowest BCUT2D eigenvalue weighted by atomic mass is 10.1. The van der Waals surface area contributed by atoms with E-state index in [9.17, 15) is 8.42 Å². The molecule has 0 bridgehead atoms. The average Bonchev–Trinajstić information content (AvgIpc) is 3.08. The van der Waals surface area contributed by atoms with Crippen LogP contribution in [0.3, 0.4) is 0 Å². The molecule has 5 nitrogen and oxygen atoms in total. The third-order valence-corrected chi connectivity index (χ3v) is 6.03. The van der Waals surface area contributed by atoms with Gasteiger partial charge in [-0.05, 0) is 24.0 Å². The summed E-state index contributed by atoms with van der Waals surface area (Å²) in [5.74, 6) is 0.608. The highest BCUT2D eigenvalue weighted by molar-refractivity contribution is 7.92. The van der Waals surface area contributed by atoms with Crippen LogP contribution in [-0.4, -0.2) is 63.6 Å². The van der Waals surface area contributed by atoms with Crippen LogP contribution in [-0.2, 0) is 14.8 Å². The summed E-state index contributed by atoms with van der Waals surface area (Å²) in [7, 11) is -3.33. The van der Waals surface area contributed by atoms with Gasteiger partial charge in [-0.15, -0.1) is 0 Å². The molecular weight excluding hydrogens is 312 g/mol. The Morgan fingerprint density at radius 3 is 2.52 bits per heavy atom. The van der Waals surface area contributed by atoms with E-state index in [-0.39, 0.29) is 0 Å². The second-order valence-electron chi connectivity index (χ2n) is 6.19. The predicted molar refractivity (Wildman–Crippen MR) is 91.3 cm³/mol. The number of piperazine rings is 1. The Morgan fingerprint density at radius 1 is 1.13 bits per heavy atom. The Hall–Kier alpha value is -1.21. The van der Waals surface area contributed by atoms with Crippen LogP contribution in [0.5, 0.6) is 0 Å². The number of nitrogens with zero attached hydrogens (tertiary/aromatic N) is 2. The number of hydrogen-bond acceptors (Lipinski definition) is 4. The monoisotopic (exact) mass is 336 g/mol. The van der Waals surface area contributed by atoms with Crippen LogP contribution in [0.15, 0.2) is 35.7 Å². The maximum Gasteiger partial charge on any atom is 0.236 e. The van der Waals surface area contributed by atoms with Crippen molar-refractivity contribution in [2.75, 3.05) is 45.9 Å². The van der Waals surface area contributed by atoms with Crippen molar-refractivity contribution in [3.8, 4) is 0 Å². The van der Waals surface area contributed by atoms with Crippen molar-refractivity contribution in [3.63, 3.8) is 0 Å². The van der Waals surface area contributed by atoms with Crippen LogP contribution in [0.1, 0.15) is 12.0 Å². The highest BCUT2D eigenvalue weighted by Gasteiger charge is 2.27. The first-order chi connectivity index (χ1) is 11.1. The third-order valence-electron chi connectivity index (χ3n) is 4.46. The van der Waals surface area contributed by atoms with Crippen LogP contribution < -0.4 is 0 Å². The SMILES string of the molecule is O=S(=O)(C=Cc1ccccc1)N1CCN(CC2CCOC2)CC1. The van der Waals surface area contributed by atoms with Crippen molar-refractivity contribution >= 4 is 16.1 Å². The lowest BCUT2D eigenvalue weighted by Gasteiger charge is -2.34. The average molecular weight is 336 g/mol. The summed E-state index contributed by atoms with van der Waals surface area (Å²) in [6.45, 7) is 5.46. The first-order valence-electron chi connectivity index (χ1n) is 8.17. The maximum atomic E-state index is 12.4. The molecule has 23 heavy (non-hydrogen) atoms. The Bertz CT molecular complexity index is 616. The second-order valence-corrected chi connectivity index (χ2v) is 8.01. The zero-order valence-corrected chi connectivity index (χ0v) is 14.1. The van der Waals surface area contributed by atoms with Gasteiger partial charge in [0.25, 0.3) is 0 Å². The number of hydrogen-bond donors (Lipinski definition) is 0. The van der Waals surface area contributed by atoms with Crippen molar-refractivity contribution < 1.29 is 13.2 Å². The van der Waals surface area contributed by atoms with E-state index in [1.807, 2.05) is 30.3 Å². The molecule has 126 valence electrons. The van der Waals surface area contributed by atoms with Gasteiger partial charge in [-0.1, -0.05) is 30.3 Å². The van der Waals surface area contributed by atoms with E-state index in [0.717, 1.165) is 44.8 Å².